The number of aryl methyl sites for hydroxylation is 1. The summed E-state index contributed by atoms with van der Waals surface area (Å²) in [5.74, 6) is 0.477. The number of hydrogen-bond acceptors (Lipinski definition) is 6. The van der Waals surface area contributed by atoms with Gasteiger partial charge in [-0.1, -0.05) is 69.3 Å². The quantitative estimate of drug-likeness (QED) is 0.246. The van der Waals surface area contributed by atoms with Gasteiger partial charge in [0.2, 0.25) is 5.88 Å². The minimum absolute atomic E-state index is 0.0444. The van der Waals surface area contributed by atoms with Crippen LogP contribution in [0.3, 0.4) is 0 Å². The molecule has 2 aromatic carbocycles. The van der Waals surface area contributed by atoms with Crippen molar-refractivity contribution in [1.29, 1.82) is 0 Å². The predicted octanol–water partition coefficient (Wildman–Crippen LogP) is 7.09. The lowest BCUT2D eigenvalue weighted by atomic mass is 9.87. The number of aliphatic hydroxyl groups excluding tert-OH is 1. The SMILES string of the molecule is C=C1N(CC(C)O)C=C(C(=O)Nc2cccc(-c3cccc(-c4cc5c(c(OC)n4)C(C)CC5)c3Cl)c2C(C)CC)C(=O)N1C. The molecular formula is C36H41ClN4O4. The summed E-state index contributed by atoms with van der Waals surface area (Å²) in [6.45, 7) is 12.2. The molecule has 1 aliphatic heterocycles. The lowest BCUT2D eigenvalue weighted by Crippen LogP contribution is -2.44. The summed E-state index contributed by atoms with van der Waals surface area (Å²) in [6.07, 6.45) is 3.62. The molecule has 2 aliphatic rings. The Morgan fingerprint density at radius 1 is 1.20 bits per heavy atom. The van der Waals surface area contributed by atoms with Crippen molar-refractivity contribution in [2.24, 2.45) is 0 Å². The first kappa shape index (κ1) is 32.3. The zero-order valence-electron chi connectivity index (χ0n) is 26.8. The maximum absolute atomic E-state index is 13.7. The highest BCUT2D eigenvalue weighted by molar-refractivity contribution is 6.36. The maximum atomic E-state index is 13.7. The number of carbonyl (C=O) groups excluding carboxylic acids is 2. The Bertz CT molecular complexity index is 1700. The van der Waals surface area contributed by atoms with Crippen molar-refractivity contribution in [2.75, 3.05) is 26.0 Å². The summed E-state index contributed by atoms with van der Waals surface area (Å²) in [5.41, 5.74) is 7.16. The van der Waals surface area contributed by atoms with E-state index in [9.17, 15) is 14.7 Å². The molecule has 2 amide bonds. The van der Waals surface area contributed by atoms with Gasteiger partial charge in [0.15, 0.2) is 0 Å². The monoisotopic (exact) mass is 628 g/mol. The van der Waals surface area contributed by atoms with E-state index in [0.29, 0.717) is 28.3 Å². The molecular weight excluding hydrogens is 588 g/mol. The Hall–Kier alpha value is -4.14. The van der Waals surface area contributed by atoms with Gasteiger partial charge in [0.05, 0.1) is 23.9 Å². The number of nitrogens with one attached hydrogen (secondary N) is 1. The maximum Gasteiger partial charge on any atom is 0.266 e. The van der Waals surface area contributed by atoms with Crippen LogP contribution in [0.25, 0.3) is 22.4 Å². The Kier molecular flexibility index (Phi) is 9.37. The number of methoxy groups -OCH3 is 1. The molecule has 8 nitrogen and oxygen atoms in total. The van der Waals surface area contributed by atoms with E-state index < -0.39 is 17.9 Å². The average Bonchev–Trinajstić information content (AvgIpc) is 3.40. The molecule has 0 saturated carbocycles. The Morgan fingerprint density at radius 3 is 2.58 bits per heavy atom. The van der Waals surface area contributed by atoms with E-state index in [2.05, 4.69) is 38.7 Å². The van der Waals surface area contributed by atoms with Crippen molar-refractivity contribution in [1.82, 2.24) is 14.8 Å². The number of aromatic nitrogens is 1. The van der Waals surface area contributed by atoms with Crippen LogP contribution >= 0.6 is 11.6 Å². The zero-order chi connectivity index (χ0) is 32.6. The van der Waals surface area contributed by atoms with Crippen LogP contribution in [0.2, 0.25) is 5.02 Å². The van der Waals surface area contributed by atoms with E-state index in [1.807, 2.05) is 36.4 Å². The number of amides is 2. The number of ether oxygens (including phenoxy) is 1. The summed E-state index contributed by atoms with van der Waals surface area (Å²) in [4.78, 5) is 34.6. The van der Waals surface area contributed by atoms with Gasteiger partial charge in [-0.25, -0.2) is 4.98 Å². The molecule has 45 heavy (non-hydrogen) atoms. The van der Waals surface area contributed by atoms with Gasteiger partial charge in [0.1, 0.15) is 11.4 Å². The van der Waals surface area contributed by atoms with Gasteiger partial charge in [0, 0.05) is 42.2 Å². The zero-order valence-corrected chi connectivity index (χ0v) is 27.5. The first-order chi connectivity index (χ1) is 21.5. The third kappa shape index (κ3) is 6.09. The van der Waals surface area contributed by atoms with Crippen LogP contribution in [0.5, 0.6) is 5.88 Å². The van der Waals surface area contributed by atoms with Crippen LogP contribution in [0.15, 0.2) is 66.6 Å². The number of anilines is 1. The second-order valence-corrected chi connectivity index (χ2v) is 12.4. The number of nitrogens with zero attached hydrogens (tertiary/aromatic N) is 3. The molecule has 9 heteroatoms. The largest absolute Gasteiger partial charge is 0.481 e. The fourth-order valence-corrected chi connectivity index (χ4v) is 6.60. The second kappa shape index (κ2) is 13.1. The number of aliphatic hydroxyl groups is 1. The van der Waals surface area contributed by atoms with Crippen LogP contribution in [-0.2, 0) is 16.0 Å². The molecule has 3 aromatic rings. The molecule has 236 valence electrons. The third-order valence-corrected chi connectivity index (χ3v) is 9.32. The highest BCUT2D eigenvalue weighted by Gasteiger charge is 2.32. The third-order valence-electron chi connectivity index (χ3n) is 8.91. The predicted molar refractivity (Wildman–Crippen MR) is 179 cm³/mol. The number of benzene rings is 2. The summed E-state index contributed by atoms with van der Waals surface area (Å²) >= 11 is 7.20. The number of rotatable bonds is 9. The molecule has 0 bridgehead atoms. The van der Waals surface area contributed by atoms with Crippen molar-refractivity contribution in [3.63, 3.8) is 0 Å². The Morgan fingerprint density at radius 2 is 1.89 bits per heavy atom. The van der Waals surface area contributed by atoms with Gasteiger partial charge in [-0.05, 0) is 66.8 Å². The smallest absolute Gasteiger partial charge is 0.266 e. The molecule has 0 radical (unpaired) electrons. The fraction of sp³-hybridized carbons (Fsp3) is 0.361. The van der Waals surface area contributed by atoms with Crippen molar-refractivity contribution in [3.8, 4) is 28.3 Å². The summed E-state index contributed by atoms with van der Waals surface area (Å²) in [6, 6.07) is 13.8. The van der Waals surface area contributed by atoms with Gasteiger partial charge in [-0.3, -0.25) is 14.5 Å². The number of pyridine rings is 1. The van der Waals surface area contributed by atoms with Crippen molar-refractivity contribution in [3.05, 3.63) is 88.4 Å². The molecule has 2 N–H and O–H groups in total. The van der Waals surface area contributed by atoms with Crippen molar-refractivity contribution >= 4 is 29.1 Å². The van der Waals surface area contributed by atoms with E-state index in [4.69, 9.17) is 21.3 Å². The highest BCUT2D eigenvalue weighted by atomic mass is 35.5. The topological polar surface area (TPSA) is 95.0 Å². The van der Waals surface area contributed by atoms with E-state index in [-0.39, 0.29) is 18.0 Å². The van der Waals surface area contributed by atoms with Crippen LogP contribution in [0, 0.1) is 0 Å². The first-order valence-corrected chi connectivity index (χ1v) is 15.8. The van der Waals surface area contributed by atoms with Gasteiger partial charge in [-0.2, -0.15) is 0 Å². The normalized spacial score (nSPS) is 17.6. The summed E-state index contributed by atoms with van der Waals surface area (Å²) in [5, 5.41) is 13.5. The number of β-amino-alcohol motifs (C(OH)–C–C–N with tert-alkyl or cyclic N) is 1. The summed E-state index contributed by atoms with van der Waals surface area (Å²) < 4.78 is 5.71. The van der Waals surface area contributed by atoms with Crippen LogP contribution in [-0.4, -0.2) is 58.5 Å². The van der Waals surface area contributed by atoms with Gasteiger partial charge in [-0.15, -0.1) is 0 Å². The van der Waals surface area contributed by atoms with E-state index in [1.54, 1.807) is 26.0 Å². The molecule has 1 aliphatic carbocycles. The second-order valence-electron chi connectivity index (χ2n) is 12.1. The number of fused-ring (bicyclic) bond motifs is 1. The standard InChI is InChI=1S/C36H41ClN4O4/c1-8-20(2)32-25(11-10-14-29(32)38-34(43)28-19-41(18-22(4)42)23(5)40(6)36(28)44)26-12-9-13-27(33(26)37)30-17-24-16-15-21(3)31(24)35(39-30)45-7/h9-14,17,19-22,42H,5,8,15-16,18H2,1-4,6-7H3,(H,38,43). The molecule has 0 spiro atoms. The fourth-order valence-electron chi connectivity index (χ4n) is 6.27. The van der Waals surface area contributed by atoms with Crippen LogP contribution < -0.4 is 10.1 Å². The van der Waals surface area contributed by atoms with Gasteiger partial charge < -0.3 is 20.1 Å². The lowest BCUT2D eigenvalue weighted by Gasteiger charge is -2.35. The van der Waals surface area contributed by atoms with E-state index >= 15 is 0 Å². The number of hydrogen-bond donors (Lipinski definition) is 2. The average molecular weight is 629 g/mol. The molecule has 3 atom stereocenters. The molecule has 1 aromatic heterocycles. The minimum Gasteiger partial charge on any atom is -0.481 e. The molecule has 3 unspecified atom stereocenters. The van der Waals surface area contributed by atoms with E-state index in [1.165, 1.54) is 22.2 Å². The van der Waals surface area contributed by atoms with Crippen LogP contribution in [0.1, 0.15) is 69.1 Å². The van der Waals surface area contributed by atoms with E-state index in [0.717, 1.165) is 47.2 Å². The van der Waals surface area contributed by atoms with Gasteiger partial charge >= 0.3 is 0 Å². The van der Waals surface area contributed by atoms with Crippen molar-refractivity contribution in [2.45, 2.75) is 64.9 Å². The molecule has 0 saturated heterocycles. The van der Waals surface area contributed by atoms with Gasteiger partial charge in [0.25, 0.3) is 11.8 Å². The number of carbonyl (C=O) groups is 2. The molecule has 2 heterocycles. The highest BCUT2D eigenvalue weighted by Crippen LogP contribution is 2.45. The van der Waals surface area contributed by atoms with Crippen molar-refractivity contribution < 1.29 is 19.4 Å². The lowest BCUT2D eigenvalue weighted by molar-refractivity contribution is -0.128. The molecule has 5 rings (SSSR count). The Labute approximate surface area is 270 Å². The molecule has 0 fully saturated rings. The minimum atomic E-state index is -0.685. The number of likely N-dealkylation sites (N-methyl/N-ethyl adjacent to an activating group) is 1. The Balaban J connectivity index is 1.56. The first-order valence-electron chi connectivity index (χ1n) is 15.4. The summed E-state index contributed by atoms with van der Waals surface area (Å²) in [7, 11) is 3.22. The number of halogens is 1. The van der Waals surface area contributed by atoms with Crippen LogP contribution in [0.4, 0.5) is 5.69 Å².